The Bertz CT molecular complexity index is 1120. The number of nitrogens with zero attached hydrogens (tertiary/aromatic N) is 3. The fourth-order valence-corrected chi connectivity index (χ4v) is 4.40. The van der Waals surface area contributed by atoms with E-state index in [1.807, 2.05) is 33.8 Å². The van der Waals surface area contributed by atoms with Gasteiger partial charge in [0, 0.05) is 17.5 Å². The maximum absolute atomic E-state index is 12.7. The zero-order valence-electron chi connectivity index (χ0n) is 19.1. The number of anilines is 1. The van der Waals surface area contributed by atoms with Crippen molar-refractivity contribution in [3.8, 4) is 11.6 Å². The average molecular weight is 447 g/mol. The third-order valence-electron chi connectivity index (χ3n) is 6.04. The Morgan fingerprint density at radius 3 is 2.44 bits per heavy atom. The molecule has 2 heterocycles. The molecule has 3 aromatic rings. The van der Waals surface area contributed by atoms with E-state index in [1.165, 1.54) is 12.8 Å². The number of fused-ring (bicyclic) bond motifs is 1. The van der Waals surface area contributed by atoms with Crippen LogP contribution in [-0.2, 0) is 11.8 Å². The van der Waals surface area contributed by atoms with E-state index in [9.17, 15) is 13.2 Å². The number of aromatic nitrogens is 3. The van der Waals surface area contributed by atoms with Crippen LogP contribution >= 0.6 is 0 Å². The molecule has 4 rings (SSSR count). The van der Waals surface area contributed by atoms with Gasteiger partial charge in [0.05, 0.1) is 5.52 Å². The fourth-order valence-electron chi connectivity index (χ4n) is 4.40. The number of alkyl halides is 3. The van der Waals surface area contributed by atoms with E-state index in [0.717, 1.165) is 34.4 Å². The molecule has 8 heteroatoms. The van der Waals surface area contributed by atoms with Gasteiger partial charge in [-0.25, -0.2) is 4.98 Å². The minimum absolute atomic E-state index is 0.326. The number of benzene rings is 1. The molecule has 1 aliphatic rings. The van der Waals surface area contributed by atoms with Crippen LogP contribution in [0.5, 0.6) is 0 Å². The molecule has 1 saturated carbocycles. The number of nitrogens with one attached hydrogen (secondary N) is 1. The molecule has 0 bridgehead atoms. The molecule has 2 aromatic heterocycles. The number of rotatable bonds is 5. The maximum atomic E-state index is 12.7. The van der Waals surface area contributed by atoms with Gasteiger partial charge in [0.2, 0.25) is 5.89 Å². The third-order valence-corrected chi connectivity index (χ3v) is 6.04. The number of hydrogen-bond acceptors (Lipinski definition) is 5. The van der Waals surface area contributed by atoms with Crippen molar-refractivity contribution in [1.29, 1.82) is 0 Å². The minimum Gasteiger partial charge on any atom is -0.419 e. The Morgan fingerprint density at radius 2 is 1.81 bits per heavy atom. The Morgan fingerprint density at radius 1 is 1.09 bits per heavy atom. The summed E-state index contributed by atoms with van der Waals surface area (Å²) in [5.41, 5.74) is 3.15. The summed E-state index contributed by atoms with van der Waals surface area (Å²) < 4.78 is 44.1. The highest BCUT2D eigenvalue weighted by Gasteiger charge is 2.29. The van der Waals surface area contributed by atoms with Gasteiger partial charge in [-0.1, -0.05) is 27.7 Å². The number of halogens is 3. The quantitative estimate of drug-likeness (QED) is 0.488. The van der Waals surface area contributed by atoms with Crippen LogP contribution in [0.4, 0.5) is 18.9 Å². The number of hydrogen-bond donors (Lipinski definition) is 1. The van der Waals surface area contributed by atoms with Gasteiger partial charge in [-0.2, -0.15) is 13.2 Å². The predicted octanol–water partition coefficient (Wildman–Crippen LogP) is 6.45. The van der Waals surface area contributed by atoms with Gasteiger partial charge in [-0.15, -0.1) is 10.2 Å². The van der Waals surface area contributed by atoms with E-state index in [0.29, 0.717) is 29.1 Å². The Labute approximate surface area is 185 Å². The second kappa shape index (κ2) is 8.05. The molecule has 1 N–H and O–H groups in total. The van der Waals surface area contributed by atoms with Crippen molar-refractivity contribution in [3.05, 3.63) is 35.2 Å². The molecular formula is C24H29F3N4O. The predicted molar refractivity (Wildman–Crippen MR) is 119 cm³/mol. The second-order valence-corrected chi connectivity index (χ2v) is 10.1. The van der Waals surface area contributed by atoms with Crippen LogP contribution in [0, 0.1) is 18.8 Å². The van der Waals surface area contributed by atoms with Gasteiger partial charge >= 0.3 is 6.18 Å². The summed E-state index contributed by atoms with van der Waals surface area (Å²) in [7, 11) is 0. The summed E-state index contributed by atoms with van der Waals surface area (Å²) in [6.07, 6.45) is -1.14. The molecule has 0 unspecified atom stereocenters. The summed E-state index contributed by atoms with van der Waals surface area (Å²) in [5.74, 6) is 2.36. The van der Waals surface area contributed by atoms with Crippen molar-refractivity contribution in [3.63, 3.8) is 0 Å². The van der Waals surface area contributed by atoms with E-state index in [4.69, 9.17) is 9.40 Å². The van der Waals surface area contributed by atoms with Gasteiger partial charge in [0.25, 0.3) is 5.89 Å². The van der Waals surface area contributed by atoms with Crippen molar-refractivity contribution in [2.45, 2.75) is 65.5 Å². The zero-order chi connectivity index (χ0) is 23.3. The second-order valence-electron chi connectivity index (χ2n) is 10.1. The van der Waals surface area contributed by atoms with E-state index in [2.05, 4.69) is 22.4 Å². The van der Waals surface area contributed by atoms with Gasteiger partial charge in [-0.05, 0) is 66.3 Å². The summed E-state index contributed by atoms with van der Waals surface area (Å²) in [6, 6.07) is 5.33. The maximum Gasteiger partial charge on any atom is 0.405 e. The van der Waals surface area contributed by atoms with Gasteiger partial charge in [0.1, 0.15) is 12.2 Å². The largest absolute Gasteiger partial charge is 0.419 e. The highest BCUT2D eigenvalue weighted by Crippen LogP contribution is 2.37. The number of pyridine rings is 1. The fraction of sp³-hybridized carbons (Fsp3) is 0.542. The van der Waals surface area contributed by atoms with Gasteiger partial charge < -0.3 is 9.73 Å². The Hall–Kier alpha value is -2.64. The molecule has 172 valence electrons. The lowest BCUT2D eigenvalue weighted by atomic mass is 9.74. The number of aryl methyl sites for hydroxylation is 1. The van der Waals surface area contributed by atoms with Crippen LogP contribution in [0.3, 0.4) is 0 Å². The first-order chi connectivity index (χ1) is 14.9. The highest BCUT2D eigenvalue weighted by atomic mass is 19.4. The lowest BCUT2D eigenvalue weighted by Crippen LogP contribution is -2.22. The molecular weight excluding hydrogens is 417 g/mol. The average Bonchev–Trinajstić information content (AvgIpc) is 3.12. The van der Waals surface area contributed by atoms with Crippen molar-refractivity contribution in [2.24, 2.45) is 11.8 Å². The summed E-state index contributed by atoms with van der Waals surface area (Å²) >= 11 is 0. The van der Waals surface area contributed by atoms with Gasteiger partial charge in [0.15, 0.2) is 0 Å². The summed E-state index contributed by atoms with van der Waals surface area (Å²) in [6.45, 7) is 9.13. The third kappa shape index (κ3) is 4.89. The SMILES string of the molecule is Cc1cc(-c2nnc(CC3CC(C)C3)o2)nc2c(C(C)(C)C)cc(NCC(F)(F)F)cc12. The lowest BCUT2D eigenvalue weighted by molar-refractivity contribution is -0.115. The monoisotopic (exact) mass is 446 g/mol. The van der Waals surface area contributed by atoms with E-state index >= 15 is 0 Å². The molecule has 0 radical (unpaired) electrons. The Balaban J connectivity index is 1.71. The van der Waals surface area contributed by atoms with Crippen LogP contribution in [-0.4, -0.2) is 27.9 Å². The lowest BCUT2D eigenvalue weighted by Gasteiger charge is -2.31. The molecule has 1 aromatic carbocycles. The van der Waals surface area contributed by atoms with Crippen LogP contribution in [0.1, 0.15) is 57.6 Å². The zero-order valence-corrected chi connectivity index (χ0v) is 19.1. The van der Waals surface area contributed by atoms with Gasteiger partial charge in [-0.3, -0.25) is 0 Å². The smallest absolute Gasteiger partial charge is 0.405 e. The van der Waals surface area contributed by atoms with Crippen LogP contribution < -0.4 is 5.32 Å². The first-order valence-electron chi connectivity index (χ1n) is 11.0. The van der Waals surface area contributed by atoms with Crippen LogP contribution in [0.2, 0.25) is 0 Å². The van der Waals surface area contributed by atoms with Crippen molar-refractivity contribution in [1.82, 2.24) is 15.2 Å². The van der Waals surface area contributed by atoms with Crippen LogP contribution in [0.25, 0.3) is 22.5 Å². The molecule has 5 nitrogen and oxygen atoms in total. The van der Waals surface area contributed by atoms with E-state index < -0.39 is 12.7 Å². The molecule has 32 heavy (non-hydrogen) atoms. The minimum atomic E-state index is -4.29. The van der Waals surface area contributed by atoms with E-state index in [1.54, 1.807) is 12.1 Å². The molecule has 1 aliphatic carbocycles. The van der Waals surface area contributed by atoms with Crippen molar-refractivity contribution < 1.29 is 17.6 Å². The molecule has 0 aliphatic heterocycles. The van der Waals surface area contributed by atoms with Crippen molar-refractivity contribution >= 4 is 16.6 Å². The Kier molecular flexibility index (Phi) is 5.67. The summed E-state index contributed by atoms with van der Waals surface area (Å²) in [5, 5.41) is 11.7. The van der Waals surface area contributed by atoms with Crippen LogP contribution in [0.15, 0.2) is 22.6 Å². The topological polar surface area (TPSA) is 63.8 Å². The van der Waals surface area contributed by atoms with E-state index in [-0.39, 0.29) is 5.41 Å². The molecule has 0 atom stereocenters. The summed E-state index contributed by atoms with van der Waals surface area (Å²) in [4.78, 5) is 4.82. The first-order valence-corrected chi connectivity index (χ1v) is 11.0. The normalized spacial score (nSPS) is 19.2. The highest BCUT2D eigenvalue weighted by molar-refractivity contribution is 5.90. The molecule has 0 spiro atoms. The van der Waals surface area contributed by atoms with Crippen molar-refractivity contribution in [2.75, 3.05) is 11.9 Å². The molecule has 1 fully saturated rings. The molecule has 0 saturated heterocycles. The first kappa shape index (κ1) is 22.6. The standard InChI is InChI=1S/C24H29F3N4O/c1-13-6-15(7-13)9-20-30-31-22(32-20)19-8-14(2)17-10-16(28-12-24(25,26)27)11-18(21(17)29-19)23(3,4)5/h8,10-11,13,15,28H,6-7,9,12H2,1-5H3. The molecule has 0 amide bonds.